The van der Waals surface area contributed by atoms with Crippen molar-refractivity contribution in [2.75, 3.05) is 0 Å². The molecule has 0 aliphatic carbocycles. The Hall–Kier alpha value is -1.81. The van der Waals surface area contributed by atoms with Crippen molar-refractivity contribution in [1.29, 1.82) is 0 Å². The third kappa shape index (κ3) is 2.63. The number of benzene rings is 2. The molecule has 1 aliphatic heterocycles. The monoisotopic (exact) mass is 309 g/mol. The Kier molecular flexibility index (Phi) is 3.85. The molecule has 0 bridgehead atoms. The number of fused-ring (bicyclic) bond motifs is 2. The van der Waals surface area contributed by atoms with E-state index in [0.717, 1.165) is 29.7 Å². The Bertz CT molecular complexity index is 789. The van der Waals surface area contributed by atoms with E-state index in [0.29, 0.717) is 0 Å². The van der Waals surface area contributed by atoms with Gasteiger partial charge in [-0.25, -0.2) is 0 Å². The Morgan fingerprint density at radius 1 is 0.955 bits per heavy atom. The van der Waals surface area contributed by atoms with Crippen molar-refractivity contribution < 1.29 is 0 Å². The van der Waals surface area contributed by atoms with E-state index in [1.165, 1.54) is 35.6 Å². The molecule has 112 valence electrons. The first kappa shape index (κ1) is 13.8. The zero-order valence-electron chi connectivity index (χ0n) is 12.5. The molecule has 0 radical (unpaired) electrons. The second kappa shape index (κ2) is 6.13. The lowest BCUT2D eigenvalue weighted by molar-refractivity contribution is 0.591. The van der Waals surface area contributed by atoms with E-state index >= 15 is 0 Å². The van der Waals surface area contributed by atoms with Gasteiger partial charge in [-0.05, 0) is 29.2 Å². The van der Waals surface area contributed by atoms with Crippen LogP contribution < -0.4 is 0 Å². The van der Waals surface area contributed by atoms with Gasteiger partial charge in [0.2, 0.25) is 0 Å². The quantitative estimate of drug-likeness (QED) is 0.670. The van der Waals surface area contributed by atoms with Crippen LogP contribution in [0.15, 0.2) is 47.6 Å². The molecule has 0 saturated heterocycles. The van der Waals surface area contributed by atoms with E-state index in [2.05, 4.69) is 57.2 Å². The molecule has 22 heavy (non-hydrogen) atoms. The number of rotatable bonds is 3. The van der Waals surface area contributed by atoms with Gasteiger partial charge >= 0.3 is 0 Å². The van der Waals surface area contributed by atoms with E-state index in [4.69, 9.17) is 0 Å². The minimum absolute atomic E-state index is 0.944. The van der Waals surface area contributed by atoms with Gasteiger partial charge in [-0.2, -0.15) is 0 Å². The Morgan fingerprint density at radius 3 is 2.86 bits per heavy atom. The first-order valence-electron chi connectivity index (χ1n) is 7.93. The van der Waals surface area contributed by atoms with Crippen LogP contribution in [-0.2, 0) is 18.7 Å². The van der Waals surface area contributed by atoms with E-state index in [9.17, 15) is 0 Å². The predicted octanol–water partition coefficient (Wildman–Crippen LogP) is 4.45. The predicted molar refractivity (Wildman–Crippen MR) is 91.1 cm³/mol. The van der Waals surface area contributed by atoms with Gasteiger partial charge in [0.15, 0.2) is 5.16 Å². The summed E-state index contributed by atoms with van der Waals surface area (Å²) in [5, 5.41) is 12.5. The highest BCUT2D eigenvalue weighted by atomic mass is 32.2. The van der Waals surface area contributed by atoms with Crippen LogP contribution in [0.1, 0.15) is 30.7 Å². The van der Waals surface area contributed by atoms with E-state index in [1.54, 1.807) is 0 Å². The molecule has 0 saturated carbocycles. The lowest BCUT2D eigenvalue weighted by Crippen LogP contribution is -2.02. The maximum atomic E-state index is 4.41. The summed E-state index contributed by atoms with van der Waals surface area (Å²) in [5.74, 6) is 2.11. The molecule has 4 rings (SSSR count). The molecule has 1 aliphatic rings. The molecule has 0 fully saturated rings. The molecule has 3 aromatic rings. The lowest BCUT2D eigenvalue weighted by Gasteiger charge is -2.08. The smallest absolute Gasteiger partial charge is 0.191 e. The fraction of sp³-hybridized carbons (Fsp3) is 0.333. The lowest BCUT2D eigenvalue weighted by atomic mass is 10.1. The fourth-order valence-electron chi connectivity index (χ4n) is 3.13. The van der Waals surface area contributed by atoms with Gasteiger partial charge in [-0.15, -0.1) is 10.2 Å². The van der Waals surface area contributed by atoms with Gasteiger partial charge in [-0.1, -0.05) is 60.6 Å². The zero-order valence-corrected chi connectivity index (χ0v) is 13.4. The Balaban J connectivity index is 1.59. The van der Waals surface area contributed by atoms with Gasteiger partial charge < -0.3 is 4.57 Å². The minimum Gasteiger partial charge on any atom is -0.306 e. The summed E-state index contributed by atoms with van der Waals surface area (Å²) in [6.07, 6.45) is 4.86. The topological polar surface area (TPSA) is 30.7 Å². The third-order valence-electron chi connectivity index (χ3n) is 4.31. The van der Waals surface area contributed by atoms with Gasteiger partial charge in [0, 0.05) is 18.7 Å². The molecule has 0 atom stereocenters. The van der Waals surface area contributed by atoms with Crippen molar-refractivity contribution in [3.05, 3.63) is 53.9 Å². The van der Waals surface area contributed by atoms with Gasteiger partial charge in [0.1, 0.15) is 5.82 Å². The molecule has 0 amide bonds. The van der Waals surface area contributed by atoms with Crippen molar-refractivity contribution in [2.24, 2.45) is 0 Å². The second-order valence-corrected chi connectivity index (χ2v) is 6.73. The summed E-state index contributed by atoms with van der Waals surface area (Å²) in [6.45, 7) is 1.07. The van der Waals surface area contributed by atoms with Crippen molar-refractivity contribution in [1.82, 2.24) is 14.8 Å². The average molecular weight is 309 g/mol. The number of aromatic nitrogens is 3. The molecule has 0 N–H and O–H groups in total. The minimum atomic E-state index is 0.944. The summed E-state index contributed by atoms with van der Waals surface area (Å²) >= 11 is 1.81. The Morgan fingerprint density at radius 2 is 1.86 bits per heavy atom. The van der Waals surface area contributed by atoms with Crippen LogP contribution in [0.3, 0.4) is 0 Å². The normalized spacial score (nSPS) is 14.7. The highest BCUT2D eigenvalue weighted by Gasteiger charge is 2.15. The van der Waals surface area contributed by atoms with E-state index in [1.807, 2.05) is 11.8 Å². The van der Waals surface area contributed by atoms with Crippen LogP contribution in [-0.4, -0.2) is 14.8 Å². The third-order valence-corrected chi connectivity index (χ3v) is 5.33. The standard InChI is InChI=1S/C18H19N3S/c1-2-11-17-19-20-18(21(17)12-5-1)22-13-15-9-6-8-14-7-3-4-10-16(14)15/h3-4,6-10H,1-2,5,11-13H2. The molecule has 1 aromatic heterocycles. The number of nitrogens with zero attached hydrogens (tertiary/aromatic N) is 3. The van der Waals surface area contributed by atoms with Crippen LogP contribution >= 0.6 is 11.8 Å². The SMILES string of the molecule is c1ccc2c(CSc3nnc4n3CCCCC4)cccc2c1. The Labute approximate surface area is 134 Å². The molecular formula is C18H19N3S. The molecule has 2 heterocycles. The van der Waals surface area contributed by atoms with Crippen LogP contribution in [0, 0.1) is 0 Å². The average Bonchev–Trinajstić information content (AvgIpc) is 2.79. The molecule has 3 nitrogen and oxygen atoms in total. The first-order chi connectivity index (χ1) is 10.9. The number of hydrogen-bond donors (Lipinski definition) is 0. The van der Waals surface area contributed by atoms with Crippen LogP contribution in [0.5, 0.6) is 0 Å². The maximum Gasteiger partial charge on any atom is 0.191 e. The van der Waals surface area contributed by atoms with Crippen molar-refractivity contribution in [3.8, 4) is 0 Å². The largest absolute Gasteiger partial charge is 0.306 e. The van der Waals surface area contributed by atoms with Crippen molar-refractivity contribution in [3.63, 3.8) is 0 Å². The molecule has 2 aromatic carbocycles. The zero-order chi connectivity index (χ0) is 14.8. The molecule has 4 heteroatoms. The highest BCUT2D eigenvalue weighted by Crippen LogP contribution is 2.28. The van der Waals surface area contributed by atoms with E-state index < -0.39 is 0 Å². The summed E-state index contributed by atoms with van der Waals surface area (Å²) in [5.41, 5.74) is 1.37. The molecule has 0 unspecified atom stereocenters. The maximum absolute atomic E-state index is 4.41. The first-order valence-corrected chi connectivity index (χ1v) is 8.92. The number of thioether (sulfide) groups is 1. The highest BCUT2D eigenvalue weighted by molar-refractivity contribution is 7.98. The number of aryl methyl sites for hydroxylation is 1. The second-order valence-electron chi connectivity index (χ2n) is 5.79. The summed E-state index contributed by atoms with van der Waals surface area (Å²) in [7, 11) is 0. The molecule has 0 spiro atoms. The van der Waals surface area contributed by atoms with Crippen molar-refractivity contribution >= 4 is 22.5 Å². The fourth-order valence-corrected chi connectivity index (χ4v) is 4.11. The van der Waals surface area contributed by atoms with Crippen LogP contribution in [0.4, 0.5) is 0 Å². The summed E-state index contributed by atoms with van der Waals surface area (Å²) < 4.78 is 2.32. The summed E-state index contributed by atoms with van der Waals surface area (Å²) in [4.78, 5) is 0. The van der Waals surface area contributed by atoms with Gasteiger partial charge in [0.25, 0.3) is 0 Å². The number of hydrogen-bond acceptors (Lipinski definition) is 3. The molecular weight excluding hydrogens is 290 g/mol. The van der Waals surface area contributed by atoms with E-state index in [-0.39, 0.29) is 0 Å². The van der Waals surface area contributed by atoms with Crippen LogP contribution in [0.2, 0.25) is 0 Å². The van der Waals surface area contributed by atoms with Crippen molar-refractivity contribution in [2.45, 2.75) is 43.1 Å². The van der Waals surface area contributed by atoms with Gasteiger partial charge in [-0.3, -0.25) is 0 Å². The van der Waals surface area contributed by atoms with Crippen LogP contribution in [0.25, 0.3) is 10.8 Å². The van der Waals surface area contributed by atoms with Gasteiger partial charge in [0.05, 0.1) is 0 Å². The summed E-state index contributed by atoms with van der Waals surface area (Å²) in [6, 6.07) is 15.1.